The number of benzene rings is 1. The smallest absolute Gasteiger partial charge is 0.223 e. The van der Waals surface area contributed by atoms with E-state index in [-0.39, 0.29) is 18.0 Å². The van der Waals surface area contributed by atoms with Crippen LogP contribution in [0.2, 0.25) is 10.0 Å². The molecule has 1 saturated heterocycles. The number of aryl methyl sites for hydroxylation is 1. The molecule has 0 N–H and O–H groups in total. The molecule has 2 atom stereocenters. The fourth-order valence-corrected chi connectivity index (χ4v) is 4.20. The number of hydrogen-bond acceptors (Lipinski definition) is 3. The molecule has 1 aromatic heterocycles. The van der Waals surface area contributed by atoms with E-state index in [4.69, 9.17) is 23.2 Å². The summed E-state index contributed by atoms with van der Waals surface area (Å²) in [6.45, 7) is 0. The first-order valence-corrected chi connectivity index (χ1v) is 8.93. The van der Waals surface area contributed by atoms with Gasteiger partial charge in [0.05, 0.1) is 21.8 Å². The molecule has 24 heavy (non-hydrogen) atoms. The maximum absolute atomic E-state index is 12.8. The second-order valence-electron chi connectivity index (χ2n) is 6.43. The molecule has 124 valence electrons. The fourth-order valence-electron chi connectivity index (χ4n) is 3.88. The van der Waals surface area contributed by atoms with E-state index >= 15 is 0 Å². The van der Waals surface area contributed by atoms with Crippen LogP contribution in [0.25, 0.3) is 0 Å². The lowest BCUT2D eigenvalue weighted by Crippen LogP contribution is -2.42. The van der Waals surface area contributed by atoms with Gasteiger partial charge in [0, 0.05) is 30.6 Å². The normalized spacial score (nSPS) is 21.7. The predicted molar refractivity (Wildman–Crippen MR) is 93.1 cm³/mol. The Kier molecular flexibility index (Phi) is 4.19. The maximum Gasteiger partial charge on any atom is 0.223 e. The van der Waals surface area contributed by atoms with E-state index < -0.39 is 0 Å². The number of nitrogens with zero attached hydrogens (tertiary/aromatic N) is 3. The van der Waals surface area contributed by atoms with Crippen molar-refractivity contribution >= 4 is 29.1 Å². The van der Waals surface area contributed by atoms with Gasteiger partial charge in [0.15, 0.2) is 0 Å². The summed E-state index contributed by atoms with van der Waals surface area (Å²) in [4.78, 5) is 23.4. The van der Waals surface area contributed by atoms with E-state index in [0.29, 0.717) is 22.9 Å². The van der Waals surface area contributed by atoms with Crippen LogP contribution in [-0.2, 0) is 17.6 Å². The SMILES string of the molecule is O=C(CCc1ccc(Cl)c(Cl)c1)N1[C@H]2CC[C@H]1c1cncnc1C2. The van der Waals surface area contributed by atoms with Crippen molar-refractivity contribution in [3.8, 4) is 0 Å². The molecule has 6 heteroatoms. The number of halogens is 2. The van der Waals surface area contributed by atoms with Crippen molar-refractivity contribution < 1.29 is 4.79 Å². The van der Waals surface area contributed by atoms with Gasteiger partial charge in [-0.1, -0.05) is 29.3 Å². The highest BCUT2D eigenvalue weighted by atomic mass is 35.5. The standard InChI is InChI=1S/C18H17Cl2N3O/c19-14-4-1-11(7-15(14)20)2-6-18(24)23-12-3-5-17(23)13-9-21-10-22-16(13)8-12/h1,4,7,9-10,12,17H,2-3,5-6,8H2/t12-,17-/m0/s1. The largest absolute Gasteiger partial charge is 0.332 e. The molecule has 2 aliphatic rings. The van der Waals surface area contributed by atoms with Crippen molar-refractivity contribution in [3.05, 3.63) is 57.6 Å². The van der Waals surface area contributed by atoms with Gasteiger partial charge in [-0.2, -0.15) is 0 Å². The molecule has 1 amide bonds. The van der Waals surface area contributed by atoms with Crippen molar-refractivity contribution in [2.24, 2.45) is 0 Å². The summed E-state index contributed by atoms with van der Waals surface area (Å²) in [5.74, 6) is 0.197. The van der Waals surface area contributed by atoms with Crippen LogP contribution < -0.4 is 0 Å². The average molecular weight is 362 g/mol. The maximum atomic E-state index is 12.8. The molecule has 0 radical (unpaired) electrons. The van der Waals surface area contributed by atoms with Crippen LogP contribution in [0.5, 0.6) is 0 Å². The first-order valence-electron chi connectivity index (χ1n) is 8.17. The molecule has 4 rings (SSSR count). The van der Waals surface area contributed by atoms with Gasteiger partial charge in [0.2, 0.25) is 5.91 Å². The molecular formula is C18H17Cl2N3O. The zero-order valence-electron chi connectivity index (χ0n) is 13.1. The number of carbonyl (C=O) groups excluding carboxylic acids is 1. The van der Waals surface area contributed by atoms with E-state index in [1.807, 2.05) is 18.3 Å². The van der Waals surface area contributed by atoms with Gasteiger partial charge in [0.1, 0.15) is 6.33 Å². The predicted octanol–water partition coefficient (Wildman–Crippen LogP) is 4.00. The van der Waals surface area contributed by atoms with Crippen LogP contribution in [0.4, 0.5) is 0 Å². The topological polar surface area (TPSA) is 46.1 Å². The molecule has 2 aromatic rings. The van der Waals surface area contributed by atoms with Gasteiger partial charge in [-0.25, -0.2) is 9.97 Å². The third-order valence-electron chi connectivity index (χ3n) is 5.02. The Morgan fingerprint density at radius 1 is 1.25 bits per heavy atom. The van der Waals surface area contributed by atoms with Crippen LogP contribution in [-0.4, -0.2) is 26.8 Å². The minimum absolute atomic E-state index is 0.140. The van der Waals surface area contributed by atoms with Gasteiger partial charge in [0.25, 0.3) is 0 Å². The minimum atomic E-state index is 0.140. The second-order valence-corrected chi connectivity index (χ2v) is 7.24. The number of aromatic nitrogens is 2. The van der Waals surface area contributed by atoms with E-state index in [0.717, 1.165) is 36.1 Å². The Labute approximate surface area is 150 Å². The Morgan fingerprint density at radius 2 is 2.12 bits per heavy atom. The van der Waals surface area contributed by atoms with Crippen molar-refractivity contribution in [2.75, 3.05) is 0 Å². The Bertz CT molecular complexity index is 796. The molecule has 3 heterocycles. The highest BCUT2D eigenvalue weighted by Crippen LogP contribution is 2.43. The molecule has 0 aliphatic carbocycles. The van der Waals surface area contributed by atoms with Gasteiger partial charge >= 0.3 is 0 Å². The highest BCUT2D eigenvalue weighted by Gasteiger charge is 2.42. The molecule has 2 bridgehead atoms. The Hall–Kier alpha value is -1.65. The van der Waals surface area contributed by atoms with Crippen LogP contribution in [0.3, 0.4) is 0 Å². The van der Waals surface area contributed by atoms with E-state index in [1.54, 1.807) is 12.4 Å². The second kappa shape index (κ2) is 6.34. The lowest BCUT2D eigenvalue weighted by molar-refractivity contribution is -0.134. The zero-order valence-corrected chi connectivity index (χ0v) is 14.6. The highest BCUT2D eigenvalue weighted by molar-refractivity contribution is 6.42. The van der Waals surface area contributed by atoms with Crippen LogP contribution in [0.1, 0.15) is 42.1 Å². The van der Waals surface area contributed by atoms with Crippen molar-refractivity contribution in [1.29, 1.82) is 0 Å². The molecule has 1 fully saturated rings. The number of carbonyl (C=O) groups is 1. The van der Waals surface area contributed by atoms with Crippen molar-refractivity contribution in [1.82, 2.24) is 14.9 Å². The third-order valence-corrected chi connectivity index (χ3v) is 5.76. The van der Waals surface area contributed by atoms with Crippen LogP contribution >= 0.6 is 23.2 Å². The quantitative estimate of drug-likeness (QED) is 0.829. The Morgan fingerprint density at radius 3 is 2.96 bits per heavy atom. The summed E-state index contributed by atoms with van der Waals surface area (Å²) < 4.78 is 0. The monoisotopic (exact) mass is 361 g/mol. The fraction of sp³-hybridized carbons (Fsp3) is 0.389. The molecule has 0 unspecified atom stereocenters. The molecule has 0 spiro atoms. The van der Waals surface area contributed by atoms with Gasteiger partial charge < -0.3 is 4.90 Å². The molecule has 2 aliphatic heterocycles. The summed E-state index contributed by atoms with van der Waals surface area (Å²) in [5.41, 5.74) is 3.26. The number of hydrogen-bond donors (Lipinski definition) is 0. The number of rotatable bonds is 3. The van der Waals surface area contributed by atoms with Gasteiger partial charge in [-0.05, 0) is 37.0 Å². The lowest BCUT2D eigenvalue weighted by Gasteiger charge is -2.35. The lowest BCUT2D eigenvalue weighted by atomic mass is 9.98. The number of fused-ring (bicyclic) bond motifs is 4. The van der Waals surface area contributed by atoms with Crippen molar-refractivity contribution in [2.45, 2.75) is 44.2 Å². The first kappa shape index (κ1) is 15.9. The molecular weight excluding hydrogens is 345 g/mol. The summed E-state index contributed by atoms with van der Waals surface area (Å²) in [7, 11) is 0. The molecule has 0 saturated carbocycles. The summed E-state index contributed by atoms with van der Waals surface area (Å²) in [6, 6.07) is 5.96. The zero-order chi connectivity index (χ0) is 16.7. The van der Waals surface area contributed by atoms with E-state index in [9.17, 15) is 4.79 Å². The molecule has 4 nitrogen and oxygen atoms in total. The van der Waals surface area contributed by atoms with Gasteiger partial charge in [-0.3, -0.25) is 4.79 Å². The average Bonchev–Trinajstić information content (AvgIpc) is 2.91. The minimum Gasteiger partial charge on any atom is -0.332 e. The number of amides is 1. The van der Waals surface area contributed by atoms with Crippen molar-refractivity contribution in [3.63, 3.8) is 0 Å². The van der Waals surface area contributed by atoms with E-state index in [1.165, 1.54) is 0 Å². The van der Waals surface area contributed by atoms with E-state index in [2.05, 4.69) is 14.9 Å². The van der Waals surface area contributed by atoms with Crippen LogP contribution in [0, 0.1) is 0 Å². The molecule has 1 aromatic carbocycles. The van der Waals surface area contributed by atoms with Gasteiger partial charge in [-0.15, -0.1) is 0 Å². The Balaban J connectivity index is 1.48. The first-order chi connectivity index (χ1) is 11.6. The summed E-state index contributed by atoms with van der Waals surface area (Å²) >= 11 is 12.0. The third kappa shape index (κ3) is 2.78. The summed E-state index contributed by atoms with van der Waals surface area (Å²) in [5, 5.41) is 1.07. The summed E-state index contributed by atoms with van der Waals surface area (Å²) in [6.07, 6.45) is 7.50. The van der Waals surface area contributed by atoms with Crippen LogP contribution in [0.15, 0.2) is 30.7 Å².